The number of unbranched alkanes of at least 4 members (excludes halogenated alkanes) is 2. The van der Waals surface area contributed by atoms with Crippen molar-refractivity contribution >= 4 is 64.3 Å². The highest BCUT2D eigenvalue weighted by Crippen LogP contribution is 2.25. The van der Waals surface area contributed by atoms with Crippen molar-refractivity contribution < 1.29 is 24.3 Å². The van der Waals surface area contributed by atoms with Crippen LogP contribution in [0.4, 0.5) is 5.69 Å². The summed E-state index contributed by atoms with van der Waals surface area (Å²) in [6, 6.07) is 9.50. The fourth-order valence-electron chi connectivity index (χ4n) is 2.07. The summed E-state index contributed by atoms with van der Waals surface area (Å²) in [7, 11) is 0. The predicted molar refractivity (Wildman–Crippen MR) is 155 cm³/mol. The zero-order valence-electron chi connectivity index (χ0n) is 22.3. The molecule has 0 fully saturated rings. The van der Waals surface area contributed by atoms with Gasteiger partial charge in [-0.3, -0.25) is 14.4 Å². The first-order chi connectivity index (χ1) is 17.4. The van der Waals surface area contributed by atoms with Crippen LogP contribution in [-0.4, -0.2) is 42.3 Å². The number of anilines is 1. The van der Waals surface area contributed by atoms with Gasteiger partial charge in [0.05, 0.1) is 15.7 Å². The molecule has 0 radical (unpaired) electrons. The third-order valence-electron chi connectivity index (χ3n) is 3.67. The monoisotopic (exact) mass is 577 g/mol. The van der Waals surface area contributed by atoms with E-state index in [-0.39, 0.29) is 11.8 Å². The first-order valence-electron chi connectivity index (χ1n) is 11.8. The molecule has 0 aliphatic carbocycles. The molecule has 0 atom stereocenters. The Bertz CT molecular complexity index is 842. The third kappa shape index (κ3) is 33.4. The second kappa shape index (κ2) is 28.0. The summed E-state index contributed by atoms with van der Waals surface area (Å²) in [6.45, 7) is 9.33. The number of amides is 2. The van der Waals surface area contributed by atoms with Gasteiger partial charge < -0.3 is 26.3 Å². The Kier molecular flexibility index (Phi) is 29.4. The van der Waals surface area contributed by atoms with Gasteiger partial charge in [0.2, 0.25) is 11.8 Å². The van der Waals surface area contributed by atoms with Crippen LogP contribution >= 0.6 is 34.5 Å². The Balaban J connectivity index is -0.000000403. The van der Waals surface area contributed by atoms with E-state index in [4.69, 9.17) is 38.8 Å². The molecule has 2 amide bonds. The summed E-state index contributed by atoms with van der Waals surface area (Å²) in [5.41, 5.74) is 5.86. The molecule has 0 saturated carbocycles. The van der Waals surface area contributed by atoms with Crippen molar-refractivity contribution in [3.63, 3.8) is 0 Å². The number of halogens is 2. The Morgan fingerprint density at radius 1 is 0.973 bits per heavy atom. The number of aryl methyl sites for hydroxylation is 1. The second-order valence-corrected chi connectivity index (χ2v) is 9.06. The zero-order chi connectivity index (χ0) is 29.1. The van der Waals surface area contributed by atoms with E-state index in [0.717, 1.165) is 19.8 Å². The normalized spacial score (nSPS) is 8.73. The smallest absolute Gasteiger partial charge is 0.300 e. The number of carboxylic acid groups (broad SMARTS) is 1. The predicted octanol–water partition coefficient (Wildman–Crippen LogP) is 6.00. The number of aliphatic carboxylic acids is 1. The van der Waals surface area contributed by atoms with Crippen molar-refractivity contribution in [3.8, 4) is 0 Å². The van der Waals surface area contributed by atoms with Crippen molar-refractivity contribution in [1.82, 2.24) is 10.6 Å². The fourth-order valence-corrected chi connectivity index (χ4v) is 3.22. The van der Waals surface area contributed by atoms with E-state index in [2.05, 4.69) is 35.1 Å². The summed E-state index contributed by atoms with van der Waals surface area (Å²) in [5, 5.41) is 15.6. The van der Waals surface area contributed by atoms with E-state index < -0.39 is 5.97 Å². The van der Waals surface area contributed by atoms with Crippen molar-refractivity contribution in [1.29, 1.82) is 0 Å². The summed E-state index contributed by atoms with van der Waals surface area (Å²) in [5.74, 6) is -0.885. The SMILES string of the molecule is CC(=O)NCCC=O.CC(=O)O.CCCCCc1cccs1.CCNC(C)=O.Nc1c(Cl)cccc1Cl. The molecule has 210 valence electrons. The fraction of sp³-hybridized carbons (Fsp3) is 0.462. The molecular formula is C26H41Cl2N3O5S. The molecule has 0 bridgehead atoms. The average Bonchev–Trinajstić information content (AvgIpc) is 3.32. The number of para-hydroxylation sites is 1. The van der Waals surface area contributed by atoms with Gasteiger partial charge in [-0.05, 0) is 43.3 Å². The van der Waals surface area contributed by atoms with Crippen LogP contribution in [0.25, 0.3) is 0 Å². The number of hydrogen-bond donors (Lipinski definition) is 4. The third-order valence-corrected chi connectivity index (χ3v) is 5.26. The Hall–Kier alpha value is -2.62. The van der Waals surface area contributed by atoms with E-state index in [1.807, 2.05) is 18.3 Å². The van der Waals surface area contributed by atoms with Crippen LogP contribution in [0.1, 0.15) is 65.2 Å². The molecule has 0 aliphatic heterocycles. The number of carbonyl (C=O) groups excluding carboxylic acids is 3. The molecule has 0 unspecified atom stereocenters. The minimum Gasteiger partial charge on any atom is -0.481 e. The van der Waals surface area contributed by atoms with Gasteiger partial charge in [-0.25, -0.2) is 0 Å². The molecule has 0 aliphatic rings. The van der Waals surface area contributed by atoms with Gasteiger partial charge in [-0.15, -0.1) is 11.3 Å². The molecule has 11 heteroatoms. The summed E-state index contributed by atoms with van der Waals surface area (Å²) < 4.78 is 0. The van der Waals surface area contributed by atoms with Crippen LogP contribution in [0, 0.1) is 0 Å². The van der Waals surface area contributed by atoms with Crippen molar-refractivity contribution in [2.24, 2.45) is 0 Å². The number of hydrogen-bond acceptors (Lipinski definition) is 6. The van der Waals surface area contributed by atoms with Crippen LogP contribution < -0.4 is 16.4 Å². The largest absolute Gasteiger partial charge is 0.481 e. The van der Waals surface area contributed by atoms with Gasteiger partial charge in [-0.2, -0.15) is 0 Å². The van der Waals surface area contributed by atoms with Gasteiger partial charge in [0.25, 0.3) is 5.97 Å². The van der Waals surface area contributed by atoms with Gasteiger partial charge >= 0.3 is 0 Å². The lowest BCUT2D eigenvalue weighted by Gasteiger charge is -1.96. The van der Waals surface area contributed by atoms with Crippen molar-refractivity contribution in [3.05, 3.63) is 50.6 Å². The Morgan fingerprint density at radius 2 is 1.51 bits per heavy atom. The van der Waals surface area contributed by atoms with E-state index in [0.29, 0.717) is 28.7 Å². The molecule has 2 rings (SSSR count). The van der Waals surface area contributed by atoms with Crippen LogP contribution in [0.5, 0.6) is 0 Å². The summed E-state index contributed by atoms with van der Waals surface area (Å²) >= 11 is 13.1. The molecular weight excluding hydrogens is 537 g/mol. The minimum atomic E-state index is -0.833. The molecule has 37 heavy (non-hydrogen) atoms. The number of nitrogens with one attached hydrogen (secondary N) is 2. The summed E-state index contributed by atoms with van der Waals surface area (Å²) in [6.07, 6.45) is 6.52. The number of nitrogen functional groups attached to an aromatic ring is 1. The van der Waals surface area contributed by atoms with E-state index in [1.54, 1.807) is 18.2 Å². The highest BCUT2D eigenvalue weighted by atomic mass is 35.5. The van der Waals surface area contributed by atoms with Crippen LogP contribution in [0.15, 0.2) is 35.7 Å². The van der Waals surface area contributed by atoms with Crippen LogP contribution in [-0.2, 0) is 25.6 Å². The van der Waals surface area contributed by atoms with Gasteiger partial charge in [0, 0.05) is 45.2 Å². The van der Waals surface area contributed by atoms with Gasteiger partial charge in [-0.1, -0.05) is 55.1 Å². The maximum atomic E-state index is 10.1. The van der Waals surface area contributed by atoms with E-state index >= 15 is 0 Å². The Labute approximate surface area is 234 Å². The van der Waals surface area contributed by atoms with Crippen molar-refractivity contribution in [2.45, 2.75) is 66.7 Å². The van der Waals surface area contributed by atoms with E-state index in [1.165, 1.54) is 44.4 Å². The molecule has 1 aromatic carbocycles. The summed E-state index contributed by atoms with van der Waals surface area (Å²) in [4.78, 5) is 40.2. The number of thiophene rings is 1. The molecule has 0 saturated heterocycles. The quantitative estimate of drug-likeness (QED) is 0.172. The molecule has 1 heterocycles. The zero-order valence-corrected chi connectivity index (χ0v) is 24.6. The topological polar surface area (TPSA) is 139 Å². The highest BCUT2D eigenvalue weighted by molar-refractivity contribution is 7.09. The average molecular weight is 579 g/mol. The van der Waals surface area contributed by atoms with Crippen LogP contribution in [0.3, 0.4) is 0 Å². The highest BCUT2D eigenvalue weighted by Gasteiger charge is 1.97. The maximum absolute atomic E-state index is 10.1. The molecule has 0 spiro atoms. The Morgan fingerprint density at radius 3 is 1.84 bits per heavy atom. The van der Waals surface area contributed by atoms with E-state index in [9.17, 15) is 14.4 Å². The minimum absolute atomic E-state index is 0.0394. The number of rotatable bonds is 8. The first-order valence-corrected chi connectivity index (χ1v) is 13.4. The number of carboxylic acids is 1. The molecule has 2 aromatic rings. The lowest BCUT2D eigenvalue weighted by atomic mass is 10.2. The first kappa shape index (κ1) is 38.9. The molecule has 5 N–H and O–H groups in total. The standard InChI is InChI=1S/C9H14S.C6H5Cl2N.C5H9NO2.C4H9NO.C2H4O2/c1-2-3-4-6-9-7-5-8-10-9;7-4-2-1-3-5(8)6(4)9;1-5(8)6-3-2-4-7;1-3-5-4(2)6;1-2(3)4/h5,7-8H,2-4,6H2,1H3;1-3H,9H2;4H,2-3H2,1H3,(H,6,8);3H2,1-2H3,(H,5,6);1H3,(H,3,4). The number of aldehydes is 1. The number of carbonyl (C=O) groups is 4. The lowest BCUT2D eigenvalue weighted by Crippen LogP contribution is -2.20. The molecule has 8 nitrogen and oxygen atoms in total. The van der Waals surface area contributed by atoms with Crippen LogP contribution in [0.2, 0.25) is 10.0 Å². The van der Waals surface area contributed by atoms with Gasteiger partial charge in [0.15, 0.2) is 0 Å². The number of benzene rings is 1. The lowest BCUT2D eigenvalue weighted by molar-refractivity contribution is -0.134. The second-order valence-electron chi connectivity index (χ2n) is 7.22. The van der Waals surface area contributed by atoms with Crippen molar-refractivity contribution in [2.75, 3.05) is 18.8 Å². The molecule has 1 aromatic heterocycles. The van der Waals surface area contributed by atoms with Gasteiger partial charge in [0.1, 0.15) is 6.29 Å². The number of nitrogens with two attached hydrogens (primary N) is 1. The maximum Gasteiger partial charge on any atom is 0.300 e.